The lowest BCUT2D eigenvalue weighted by atomic mass is 9.75. The first-order valence-corrected chi connectivity index (χ1v) is 13.0. The van der Waals surface area contributed by atoms with Crippen molar-refractivity contribution >= 4 is 34.9 Å². The fourth-order valence-corrected chi connectivity index (χ4v) is 7.60. The number of nitrogens with one attached hydrogen (secondary N) is 1. The number of carbonyl (C=O) groups is 1. The van der Waals surface area contributed by atoms with Crippen LogP contribution in [0.4, 0.5) is 0 Å². The first-order valence-electron chi connectivity index (χ1n) is 11.4. The molecule has 4 atom stereocenters. The summed E-state index contributed by atoms with van der Waals surface area (Å²) in [5.41, 5.74) is 0.936. The number of methoxy groups -OCH3 is 1. The van der Waals surface area contributed by atoms with E-state index in [1.165, 1.54) is 7.11 Å². The van der Waals surface area contributed by atoms with Crippen molar-refractivity contribution in [3.05, 3.63) is 60.3 Å². The molecule has 1 heterocycles. The Morgan fingerprint density at radius 1 is 1.06 bits per heavy atom. The van der Waals surface area contributed by atoms with Gasteiger partial charge in [0.05, 0.1) is 18.5 Å². The molecule has 2 aromatic carbocycles. The van der Waals surface area contributed by atoms with Crippen LogP contribution >= 0.6 is 7.37 Å². The van der Waals surface area contributed by atoms with E-state index in [2.05, 4.69) is 25.8 Å². The Morgan fingerprint density at radius 3 is 2.44 bits per heavy atom. The van der Waals surface area contributed by atoms with Crippen LogP contribution in [0, 0.1) is 17.8 Å². The second-order valence-electron chi connectivity index (χ2n) is 9.24. The number of H-pyrrole nitrogens is 1. The number of hydrogen-bond acceptors (Lipinski definition) is 4. The molecule has 0 bridgehead atoms. The Hall–Kier alpha value is -2.36. The van der Waals surface area contributed by atoms with Gasteiger partial charge in [0.2, 0.25) is 0 Å². The van der Waals surface area contributed by atoms with Crippen LogP contribution in [-0.2, 0) is 13.8 Å². The third-order valence-corrected chi connectivity index (χ3v) is 9.30. The predicted octanol–water partition coefficient (Wildman–Crippen LogP) is 5.66. The van der Waals surface area contributed by atoms with Crippen molar-refractivity contribution in [1.82, 2.24) is 4.98 Å². The van der Waals surface area contributed by atoms with Crippen molar-refractivity contribution in [1.29, 1.82) is 0 Å². The molecule has 0 saturated heterocycles. The van der Waals surface area contributed by atoms with Gasteiger partial charge in [-0.25, -0.2) is 4.79 Å². The second-order valence-corrected chi connectivity index (χ2v) is 11.5. The van der Waals surface area contributed by atoms with Gasteiger partial charge in [-0.3, -0.25) is 4.57 Å². The summed E-state index contributed by atoms with van der Waals surface area (Å²) >= 11 is 0. The molecule has 3 aromatic rings. The van der Waals surface area contributed by atoms with Gasteiger partial charge in [0.15, 0.2) is 0 Å². The van der Waals surface area contributed by atoms with E-state index in [0.717, 1.165) is 30.2 Å². The standard InChI is InChI=1S/C26H32NO4P/c1-17(2)20-15-14-18(3)16-23(20)31-32(29,19-10-6-5-7-11-19)25-21-12-8-9-13-22(21)27-24(25)26(28)30-4/h5-13,17-18,20,23,27H,14-16H2,1-4H3/t18-,20-,23+,32?/m0/s1. The molecule has 5 nitrogen and oxygen atoms in total. The third kappa shape index (κ3) is 4.16. The summed E-state index contributed by atoms with van der Waals surface area (Å²) < 4.78 is 26.8. The highest BCUT2D eigenvalue weighted by atomic mass is 31.2. The zero-order valence-electron chi connectivity index (χ0n) is 19.2. The van der Waals surface area contributed by atoms with E-state index in [9.17, 15) is 4.79 Å². The van der Waals surface area contributed by atoms with Gasteiger partial charge in [0.25, 0.3) is 7.37 Å². The van der Waals surface area contributed by atoms with Crippen LogP contribution in [0.15, 0.2) is 54.6 Å². The predicted molar refractivity (Wildman–Crippen MR) is 129 cm³/mol. The van der Waals surface area contributed by atoms with Crippen molar-refractivity contribution in [2.24, 2.45) is 17.8 Å². The van der Waals surface area contributed by atoms with Crippen molar-refractivity contribution in [2.75, 3.05) is 7.11 Å². The fraction of sp³-hybridized carbons (Fsp3) is 0.423. The van der Waals surface area contributed by atoms with E-state index < -0.39 is 13.3 Å². The van der Waals surface area contributed by atoms with Crippen molar-refractivity contribution in [3.63, 3.8) is 0 Å². The van der Waals surface area contributed by atoms with Crippen molar-refractivity contribution in [3.8, 4) is 0 Å². The van der Waals surface area contributed by atoms with E-state index in [0.29, 0.717) is 28.4 Å². The first-order chi connectivity index (χ1) is 15.3. The Labute approximate surface area is 190 Å². The molecule has 32 heavy (non-hydrogen) atoms. The van der Waals surface area contributed by atoms with Gasteiger partial charge < -0.3 is 14.2 Å². The van der Waals surface area contributed by atoms with E-state index >= 15 is 4.57 Å². The van der Waals surface area contributed by atoms with E-state index in [1.807, 2.05) is 54.6 Å². The molecular formula is C26H32NO4P. The van der Waals surface area contributed by atoms with Crippen LogP contribution < -0.4 is 10.6 Å². The van der Waals surface area contributed by atoms with Gasteiger partial charge in [-0.1, -0.05) is 63.6 Å². The molecule has 4 rings (SSSR count). The molecule has 1 N–H and O–H groups in total. The highest BCUT2D eigenvalue weighted by Gasteiger charge is 2.42. The molecular weight excluding hydrogens is 421 g/mol. The van der Waals surface area contributed by atoms with Gasteiger partial charge in [-0.05, 0) is 48.8 Å². The zero-order chi connectivity index (χ0) is 22.9. The third-order valence-electron chi connectivity index (χ3n) is 6.70. The Balaban J connectivity index is 1.93. The van der Waals surface area contributed by atoms with Crippen LogP contribution in [0.5, 0.6) is 0 Å². The number of carbonyl (C=O) groups excluding carboxylic acids is 1. The largest absolute Gasteiger partial charge is 0.464 e. The minimum absolute atomic E-state index is 0.149. The smallest absolute Gasteiger partial charge is 0.355 e. The van der Waals surface area contributed by atoms with Gasteiger partial charge in [-0.2, -0.15) is 0 Å². The summed E-state index contributed by atoms with van der Waals surface area (Å²) in [7, 11) is -2.29. The maximum absolute atomic E-state index is 15.0. The quantitative estimate of drug-likeness (QED) is 0.386. The maximum atomic E-state index is 15.0. The first kappa shape index (κ1) is 22.8. The summed E-state index contributed by atoms with van der Waals surface area (Å²) in [6.07, 6.45) is 2.91. The number of aromatic nitrogens is 1. The number of benzene rings is 2. The molecule has 0 spiro atoms. The Kier molecular flexibility index (Phi) is 6.60. The van der Waals surface area contributed by atoms with Gasteiger partial charge in [0.1, 0.15) is 5.69 Å². The topological polar surface area (TPSA) is 68.4 Å². The number of hydrogen-bond donors (Lipinski definition) is 1. The van der Waals surface area contributed by atoms with Crippen LogP contribution in [0.2, 0.25) is 0 Å². The molecule has 1 aromatic heterocycles. The summed E-state index contributed by atoms with van der Waals surface area (Å²) in [5, 5.41) is 1.73. The lowest BCUT2D eigenvalue weighted by molar-refractivity contribution is 0.0510. The number of ether oxygens (including phenoxy) is 1. The normalized spacial score (nSPS) is 23.2. The summed E-state index contributed by atoms with van der Waals surface area (Å²) in [6, 6.07) is 16.8. The van der Waals surface area contributed by atoms with Gasteiger partial charge in [-0.15, -0.1) is 0 Å². The van der Waals surface area contributed by atoms with Crippen LogP contribution in [0.1, 0.15) is 50.5 Å². The number of rotatable bonds is 6. The Morgan fingerprint density at radius 2 is 1.75 bits per heavy atom. The SMILES string of the molecule is COC(=O)c1[nH]c2ccccc2c1P(=O)(O[C@@H]1C[C@@H](C)CC[C@H]1C(C)C)c1ccccc1. The van der Waals surface area contributed by atoms with Crippen LogP contribution in [-0.4, -0.2) is 24.2 Å². The monoisotopic (exact) mass is 453 g/mol. The van der Waals surface area contributed by atoms with Gasteiger partial charge >= 0.3 is 5.97 Å². The summed E-state index contributed by atoms with van der Waals surface area (Å²) in [4.78, 5) is 15.9. The van der Waals surface area contributed by atoms with E-state index in [1.54, 1.807) is 0 Å². The van der Waals surface area contributed by atoms with E-state index in [4.69, 9.17) is 9.26 Å². The highest BCUT2D eigenvalue weighted by Crippen LogP contribution is 2.52. The number of fused-ring (bicyclic) bond motifs is 1. The minimum atomic E-state index is -3.63. The van der Waals surface area contributed by atoms with Crippen molar-refractivity contribution in [2.45, 2.75) is 46.1 Å². The maximum Gasteiger partial charge on any atom is 0.355 e. The fourth-order valence-electron chi connectivity index (χ4n) is 4.98. The molecule has 1 aliphatic rings. The molecule has 1 unspecified atom stereocenters. The molecule has 1 saturated carbocycles. The Bertz CT molecular complexity index is 1140. The second kappa shape index (κ2) is 9.25. The molecule has 0 radical (unpaired) electrons. The molecule has 6 heteroatoms. The van der Waals surface area contributed by atoms with E-state index in [-0.39, 0.29) is 11.8 Å². The van der Waals surface area contributed by atoms with Crippen LogP contribution in [0.25, 0.3) is 10.9 Å². The lowest BCUT2D eigenvalue weighted by Gasteiger charge is -2.39. The molecule has 1 aliphatic carbocycles. The molecule has 1 fully saturated rings. The molecule has 0 amide bonds. The number of esters is 1. The highest BCUT2D eigenvalue weighted by molar-refractivity contribution is 7.75. The minimum Gasteiger partial charge on any atom is -0.464 e. The zero-order valence-corrected chi connectivity index (χ0v) is 20.1. The van der Waals surface area contributed by atoms with Crippen LogP contribution in [0.3, 0.4) is 0 Å². The lowest BCUT2D eigenvalue weighted by Crippen LogP contribution is -2.36. The average Bonchev–Trinajstić information content (AvgIpc) is 3.19. The number of aromatic amines is 1. The molecule has 170 valence electrons. The summed E-state index contributed by atoms with van der Waals surface area (Å²) in [6.45, 7) is 6.64. The van der Waals surface area contributed by atoms with Crippen molar-refractivity contribution < 1.29 is 18.6 Å². The summed E-state index contributed by atoms with van der Waals surface area (Å²) in [5.74, 6) is 0.686. The average molecular weight is 454 g/mol. The molecule has 0 aliphatic heterocycles. The number of para-hydroxylation sites is 1. The van der Waals surface area contributed by atoms with Gasteiger partial charge in [0, 0.05) is 16.2 Å².